The Morgan fingerprint density at radius 2 is 1.82 bits per heavy atom. The van der Waals surface area contributed by atoms with Crippen molar-refractivity contribution >= 4 is 28.1 Å². The lowest BCUT2D eigenvalue weighted by Crippen LogP contribution is -2.21. The summed E-state index contributed by atoms with van der Waals surface area (Å²) in [5, 5.41) is 2.75. The Balaban J connectivity index is 1.62. The quantitative estimate of drug-likeness (QED) is 0.295. The Morgan fingerprint density at radius 3 is 2.59 bits per heavy atom. The van der Waals surface area contributed by atoms with Gasteiger partial charge in [0.2, 0.25) is 0 Å². The van der Waals surface area contributed by atoms with Gasteiger partial charge in [0.1, 0.15) is 6.29 Å². The predicted octanol–water partition coefficient (Wildman–Crippen LogP) is 6.98. The topological polar surface area (TPSA) is 30.2 Å². The lowest BCUT2D eigenvalue weighted by molar-refractivity contribution is 0.112. The Bertz CT molecular complexity index is 1370. The molecule has 4 nitrogen and oxygen atoms in total. The van der Waals surface area contributed by atoms with Crippen LogP contribution >= 0.6 is 0 Å². The highest BCUT2D eigenvalue weighted by atomic mass is 16.1. The van der Waals surface area contributed by atoms with Gasteiger partial charge in [0, 0.05) is 53.2 Å². The van der Waals surface area contributed by atoms with Crippen LogP contribution in [0.5, 0.6) is 0 Å². The van der Waals surface area contributed by atoms with Crippen LogP contribution in [0, 0.1) is 0 Å². The zero-order valence-electron chi connectivity index (χ0n) is 20.5. The third kappa shape index (κ3) is 3.34. The highest BCUT2D eigenvalue weighted by Gasteiger charge is 2.29. The Hall–Kier alpha value is -2.85. The molecule has 4 aromatic rings. The zero-order valence-corrected chi connectivity index (χ0v) is 20.5. The van der Waals surface area contributed by atoms with Gasteiger partial charge in [-0.2, -0.15) is 0 Å². The molecule has 6 rings (SSSR count). The van der Waals surface area contributed by atoms with Crippen LogP contribution in [0.25, 0.3) is 33.1 Å². The van der Waals surface area contributed by atoms with Crippen LogP contribution in [-0.4, -0.2) is 33.4 Å². The van der Waals surface area contributed by atoms with E-state index in [-0.39, 0.29) is 0 Å². The van der Waals surface area contributed by atoms with E-state index >= 15 is 0 Å². The van der Waals surface area contributed by atoms with Crippen LogP contribution in [0.4, 0.5) is 0 Å². The maximum absolute atomic E-state index is 11.6. The van der Waals surface area contributed by atoms with Gasteiger partial charge >= 0.3 is 0 Å². The van der Waals surface area contributed by atoms with Crippen LogP contribution < -0.4 is 0 Å². The number of rotatable bonds is 6. The van der Waals surface area contributed by atoms with E-state index in [2.05, 4.69) is 64.4 Å². The average molecular weight is 454 g/mol. The summed E-state index contributed by atoms with van der Waals surface area (Å²) in [6.07, 6.45) is 9.92. The second-order valence-corrected chi connectivity index (χ2v) is 10.2. The number of carbonyl (C=O) groups is 1. The van der Waals surface area contributed by atoms with Gasteiger partial charge in [0.25, 0.3) is 0 Å². The molecule has 2 aromatic carbocycles. The first kappa shape index (κ1) is 21.7. The zero-order chi connectivity index (χ0) is 23.2. The lowest BCUT2D eigenvalue weighted by Gasteiger charge is -2.23. The van der Waals surface area contributed by atoms with Crippen LogP contribution in [0.1, 0.15) is 73.4 Å². The first-order valence-corrected chi connectivity index (χ1v) is 13.2. The summed E-state index contributed by atoms with van der Waals surface area (Å²) >= 11 is 0. The maximum atomic E-state index is 11.6. The summed E-state index contributed by atoms with van der Waals surface area (Å²) in [7, 11) is 0. The molecule has 0 unspecified atom stereocenters. The second-order valence-electron chi connectivity index (χ2n) is 10.2. The maximum Gasteiger partial charge on any atom is 0.150 e. The normalized spacial score (nSPS) is 16.3. The molecule has 0 amide bonds. The number of hydrogen-bond donors (Lipinski definition) is 0. The first-order chi connectivity index (χ1) is 16.7. The van der Waals surface area contributed by atoms with Crippen molar-refractivity contribution in [1.82, 2.24) is 14.0 Å². The number of fused-ring (bicyclic) bond motifs is 4. The molecule has 34 heavy (non-hydrogen) atoms. The van der Waals surface area contributed by atoms with Crippen molar-refractivity contribution in [2.75, 3.05) is 13.1 Å². The second kappa shape index (κ2) is 8.74. The van der Waals surface area contributed by atoms with Crippen molar-refractivity contribution in [2.24, 2.45) is 0 Å². The van der Waals surface area contributed by atoms with Crippen molar-refractivity contribution in [2.45, 2.75) is 71.5 Å². The van der Waals surface area contributed by atoms with Gasteiger partial charge in [0.15, 0.2) is 0 Å². The van der Waals surface area contributed by atoms with Gasteiger partial charge in [-0.15, -0.1) is 0 Å². The fraction of sp³-hybridized carbons (Fsp3) is 0.433. The molecule has 3 heterocycles. The van der Waals surface area contributed by atoms with Crippen molar-refractivity contribution in [3.05, 3.63) is 59.3 Å². The molecule has 1 saturated carbocycles. The number of benzene rings is 2. The standard InChI is InChI=1S/C30H35N3O/c1-3-31(4-2)18-23-19-32-15-16-33-27-17-21(20-34)13-14-25(27)28(22-9-6-5-7-10-22)30(33)26-12-8-11-24(23)29(26)32/h8,11-14,17,19-20,22H,3-7,9-10,15-16,18H2,1-2H3. The molecule has 0 saturated heterocycles. The molecule has 1 aliphatic heterocycles. The molecule has 0 spiro atoms. The number of nitrogens with zero attached hydrogens (tertiary/aromatic N) is 3. The van der Waals surface area contributed by atoms with E-state index in [0.717, 1.165) is 44.6 Å². The fourth-order valence-electron chi connectivity index (χ4n) is 6.62. The van der Waals surface area contributed by atoms with Crippen molar-refractivity contribution in [3.63, 3.8) is 0 Å². The summed E-state index contributed by atoms with van der Waals surface area (Å²) in [5.74, 6) is 0.599. The molecule has 176 valence electrons. The van der Waals surface area contributed by atoms with Crippen LogP contribution in [0.15, 0.2) is 42.6 Å². The number of para-hydroxylation sites is 1. The van der Waals surface area contributed by atoms with Gasteiger partial charge in [-0.25, -0.2) is 0 Å². The van der Waals surface area contributed by atoms with E-state index in [1.54, 1.807) is 0 Å². The largest absolute Gasteiger partial charge is 0.345 e. The van der Waals surface area contributed by atoms with E-state index < -0.39 is 0 Å². The molecule has 4 heteroatoms. The number of aromatic nitrogens is 2. The predicted molar refractivity (Wildman–Crippen MR) is 141 cm³/mol. The van der Waals surface area contributed by atoms with Crippen molar-refractivity contribution in [1.29, 1.82) is 0 Å². The fourth-order valence-corrected chi connectivity index (χ4v) is 6.62. The summed E-state index contributed by atoms with van der Waals surface area (Å²) in [4.78, 5) is 14.1. The number of hydrogen-bond acceptors (Lipinski definition) is 2. The van der Waals surface area contributed by atoms with E-state index in [1.807, 2.05) is 6.07 Å². The van der Waals surface area contributed by atoms with Gasteiger partial charge in [0.05, 0.1) is 11.2 Å². The van der Waals surface area contributed by atoms with Gasteiger partial charge in [-0.1, -0.05) is 63.4 Å². The Morgan fingerprint density at radius 1 is 1.00 bits per heavy atom. The number of aldehydes is 1. The van der Waals surface area contributed by atoms with E-state index in [4.69, 9.17) is 0 Å². The molecule has 2 aliphatic rings. The highest BCUT2D eigenvalue weighted by Crippen LogP contribution is 2.47. The molecular formula is C30H35N3O. The molecule has 0 bridgehead atoms. The van der Waals surface area contributed by atoms with Crippen molar-refractivity contribution in [3.8, 4) is 11.3 Å². The van der Waals surface area contributed by atoms with Crippen molar-refractivity contribution < 1.29 is 4.79 Å². The minimum atomic E-state index is 0.599. The van der Waals surface area contributed by atoms with Gasteiger partial charge in [-0.3, -0.25) is 9.69 Å². The molecule has 1 aliphatic carbocycles. The summed E-state index contributed by atoms with van der Waals surface area (Å²) in [6, 6.07) is 13.2. The lowest BCUT2D eigenvalue weighted by atomic mass is 9.81. The Labute approximate surface area is 202 Å². The van der Waals surface area contributed by atoms with Crippen LogP contribution in [-0.2, 0) is 19.6 Å². The summed E-state index contributed by atoms with van der Waals surface area (Å²) in [5.41, 5.74) is 9.12. The average Bonchev–Trinajstić information content (AvgIpc) is 3.35. The van der Waals surface area contributed by atoms with Crippen LogP contribution in [0.3, 0.4) is 0 Å². The third-order valence-electron chi connectivity index (χ3n) is 8.37. The SMILES string of the molecule is CCN(CC)Cc1cn2c3c(cccc13)-c1c(C3CCCCC3)c3ccc(C=O)cc3n1CC2. The monoisotopic (exact) mass is 453 g/mol. The van der Waals surface area contributed by atoms with Gasteiger partial charge in [-0.05, 0) is 49.0 Å². The molecule has 2 aromatic heterocycles. The number of carbonyl (C=O) groups excluding carboxylic acids is 1. The van der Waals surface area contributed by atoms with E-state index in [0.29, 0.717) is 5.92 Å². The Kier molecular flexibility index (Phi) is 5.57. The molecular weight excluding hydrogens is 418 g/mol. The molecule has 0 N–H and O–H groups in total. The molecule has 0 radical (unpaired) electrons. The third-order valence-corrected chi connectivity index (χ3v) is 8.37. The van der Waals surface area contributed by atoms with Gasteiger partial charge < -0.3 is 9.13 Å². The van der Waals surface area contributed by atoms with Crippen LogP contribution in [0.2, 0.25) is 0 Å². The minimum Gasteiger partial charge on any atom is -0.345 e. The van der Waals surface area contributed by atoms with E-state index in [1.165, 1.54) is 76.3 Å². The summed E-state index contributed by atoms with van der Waals surface area (Å²) in [6.45, 7) is 9.53. The highest BCUT2D eigenvalue weighted by molar-refractivity contribution is 6.02. The summed E-state index contributed by atoms with van der Waals surface area (Å²) < 4.78 is 5.02. The first-order valence-electron chi connectivity index (χ1n) is 13.2. The molecule has 0 atom stereocenters. The minimum absolute atomic E-state index is 0.599. The smallest absolute Gasteiger partial charge is 0.150 e. The molecule has 1 fully saturated rings. The number of aryl methyl sites for hydroxylation is 2. The van der Waals surface area contributed by atoms with E-state index in [9.17, 15) is 4.79 Å².